The minimum absolute atomic E-state index is 0.437. The summed E-state index contributed by atoms with van der Waals surface area (Å²) in [6, 6.07) is 1.96. The fourth-order valence-electron chi connectivity index (χ4n) is 4.03. The summed E-state index contributed by atoms with van der Waals surface area (Å²) in [5, 5.41) is 0.940. The molecule has 1 aromatic carbocycles. The van der Waals surface area contributed by atoms with E-state index in [0.717, 1.165) is 79.7 Å². The van der Waals surface area contributed by atoms with Gasteiger partial charge in [-0.2, -0.15) is 0 Å². The van der Waals surface area contributed by atoms with Gasteiger partial charge < -0.3 is 18.9 Å². The predicted molar refractivity (Wildman–Crippen MR) is 80.7 cm³/mol. The summed E-state index contributed by atoms with van der Waals surface area (Å²) in [5.41, 5.74) is 0. The minimum atomic E-state index is -0.437. The normalized spacial score (nSPS) is 26.1. The lowest BCUT2D eigenvalue weighted by molar-refractivity contribution is -0.0756. The van der Waals surface area contributed by atoms with Gasteiger partial charge in [0.25, 0.3) is 11.6 Å². The van der Waals surface area contributed by atoms with Crippen LogP contribution in [0.25, 0.3) is 0 Å². The quantitative estimate of drug-likeness (QED) is 0.689. The van der Waals surface area contributed by atoms with Crippen molar-refractivity contribution in [3.63, 3.8) is 0 Å². The number of fused-ring (bicyclic) bond motifs is 2. The van der Waals surface area contributed by atoms with E-state index in [0.29, 0.717) is 0 Å². The number of hydrogen-bond donors (Lipinski definition) is 0. The Balaban J connectivity index is 1.54. The lowest BCUT2D eigenvalue weighted by Crippen LogP contribution is -2.36. The average molecular weight is 306 g/mol. The lowest BCUT2D eigenvalue weighted by Gasteiger charge is -2.22. The molecule has 5 rings (SSSR count). The van der Waals surface area contributed by atoms with E-state index in [-0.39, 0.29) is 0 Å². The zero-order chi connectivity index (χ0) is 14.1. The van der Waals surface area contributed by atoms with Gasteiger partial charge in [-0.1, -0.05) is 9.24 Å². The van der Waals surface area contributed by atoms with Crippen LogP contribution in [-0.4, -0.2) is 11.6 Å². The number of rotatable bonds is 0. The number of hydrogen-bond acceptors (Lipinski definition) is 4. The van der Waals surface area contributed by atoms with Crippen molar-refractivity contribution in [2.24, 2.45) is 0 Å². The molecule has 2 saturated carbocycles. The van der Waals surface area contributed by atoms with Crippen LogP contribution in [0.15, 0.2) is 6.07 Å². The maximum atomic E-state index is 6.18. The lowest BCUT2D eigenvalue weighted by atomic mass is 10.2. The van der Waals surface area contributed by atoms with Crippen molar-refractivity contribution >= 4 is 14.5 Å². The van der Waals surface area contributed by atoms with Crippen LogP contribution in [0.3, 0.4) is 0 Å². The zero-order valence-corrected chi connectivity index (χ0v) is 13.1. The Kier molecular flexibility index (Phi) is 2.35. The van der Waals surface area contributed by atoms with E-state index in [2.05, 4.69) is 9.24 Å². The van der Waals surface area contributed by atoms with Crippen LogP contribution in [0.4, 0.5) is 0 Å². The van der Waals surface area contributed by atoms with Gasteiger partial charge >= 0.3 is 0 Å². The SMILES string of the molecule is Pc1c2c(cc3c1OC1(CCCC1)O3)OC1(CCCC1)O2. The molecule has 0 amide bonds. The molecule has 5 heteroatoms. The molecule has 2 aliphatic heterocycles. The molecule has 1 aromatic rings. The summed E-state index contributed by atoms with van der Waals surface area (Å²) in [6.45, 7) is 0. The van der Waals surface area contributed by atoms with Crippen LogP contribution in [0.1, 0.15) is 51.4 Å². The molecule has 0 N–H and O–H groups in total. The van der Waals surface area contributed by atoms with E-state index in [1.165, 1.54) is 0 Å². The first-order chi connectivity index (χ1) is 10.2. The molecular weight excluding hydrogens is 287 g/mol. The summed E-state index contributed by atoms with van der Waals surface area (Å²) < 4.78 is 24.7. The first kappa shape index (κ1) is 12.4. The molecular formula is C16H19O4P. The van der Waals surface area contributed by atoms with E-state index in [9.17, 15) is 0 Å². The molecule has 1 atom stereocenters. The summed E-state index contributed by atoms with van der Waals surface area (Å²) >= 11 is 0. The molecule has 2 heterocycles. The Morgan fingerprint density at radius 2 is 1.14 bits per heavy atom. The van der Waals surface area contributed by atoms with Gasteiger partial charge in [0.2, 0.25) is 0 Å². The standard InChI is InChI=1S/C16H19O4P/c21-14-12-10(17-15(19-12)5-1-2-6-15)9-11-13(14)20-16(18-11)7-3-4-8-16/h9H,1-8,21H2. The summed E-state index contributed by atoms with van der Waals surface area (Å²) in [7, 11) is 2.75. The molecule has 0 aromatic heterocycles. The van der Waals surface area contributed by atoms with Crippen molar-refractivity contribution < 1.29 is 18.9 Å². The second kappa shape index (κ2) is 3.98. The molecule has 0 radical (unpaired) electrons. The van der Waals surface area contributed by atoms with Crippen LogP contribution >= 0.6 is 9.24 Å². The van der Waals surface area contributed by atoms with Gasteiger partial charge in [0.15, 0.2) is 23.0 Å². The average Bonchev–Trinajstić information content (AvgIpc) is 3.21. The highest BCUT2D eigenvalue weighted by atomic mass is 31.0. The molecule has 2 spiro atoms. The van der Waals surface area contributed by atoms with Gasteiger partial charge in [0, 0.05) is 31.7 Å². The monoisotopic (exact) mass is 306 g/mol. The summed E-state index contributed by atoms with van der Waals surface area (Å²) in [4.78, 5) is 0. The van der Waals surface area contributed by atoms with Crippen LogP contribution in [0, 0.1) is 0 Å². The first-order valence-electron chi connectivity index (χ1n) is 7.91. The van der Waals surface area contributed by atoms with Crippen LogP contribution in [-0.2, 0) is 0 Å². The second-order valence-corrected chi connectivity index (χ2v) is 7.17. The van der Waals surface area contributed by atoms with Crippen LogP contribution in [0.5, 0.6) is 23.0 Å². The van der Waals surface area contributed by atoms with E-state index >= 15 is 0 Å². The van der Waals surface area contributed by atoms with Crippen molar-refractivity contribution in [1.82, 2.24) is 0 Å². The third-order valence-electron chi connectivity index (χ3n) is 5.10. The molecule has 4 nitrogen and oxygen atoms in total. The van der Waals surface area contributed by atoms with Crippen LogP contribution in [0.2, 0.25) is 0 Å². The Labute approximate surface area is 126 Å². The Hall–Kier alpha value is -1.15. The second-order valence-electron chi connectivity index (χ2n) is 6.59. The molecule has 112 valence electrons. The molecule has 21 heavy (non-hydrogen) atoms. The molecule has 1 unspecified atom stereocenters. The number of benzene rings is 1. The third-order valence-corrected chi connectivity index (χ3v) is 5.62. The molecule has 0 bridgehead atoms. The van der Waals surface area contributed by atoms with Crippen molar-refractivity contribution in [2.45, 2.75) is 62.9 Å². The van der Waals surface area contributed by atoms with Crippen LogP contribution < -0.4 is 24.3 Å². The highest BCUT2D eigenvalue weighted by molar-refractivity contribution is 7.28. The number of ether oxygens (including phenoxy) is 4. The smallest absolute Gasteiger partial charge is 0.251 e. The Morgan fingerprint density at radius 1 is 0.714 bits per heavy atom. The fourth-order valence-corrected chi connectivity index (χ4v) is 4.43. The largest absolute Gasteiger partial charge is 0.448 e. The topological polar surface area (TPSA) is 36.9 Å². The van der Waals surface area contributed by atoms with Gasteiger partial charge in [0.1, 0.15) is 0 Å². The summed E-state index contributed by atoms with van der Waals surface area (Å²) in [6.07, 6.45) is 8.49. The van der Waals surface area contributed by atoms with Crippen molar-refractivity contribution in [3.05, 3.63) is 6.07 Å². The molecule has 4 aliphatic rings. The fraction of sp³-hybridized carbons (Fsp3) is 0.625. The maximum absolute atomic E-state index is 6.18. The van der Waals surface area contributed by atoms with E-state index in [1.807, 2.05) is 6.07 Å². The van der Waals surface area contributed by atoms with Gasteiger partial charge in [0.05, 0.1) is 5.30 Å². The first-order valence-corrected chi connectivity index (χ1v) is 8.49. The van der Waals surface area contributed by atoms with E-state index in [4.69, 9.17) is 18.9 Å². The highest BCUT2D eigenvalue weighted by Gasteiger charge is 2.49. The van der Waals surface area contributed by atoms with Gasteiger partial charge in [-0.3, -0.25) is 0 Å². The molecule has 2 aliphatic carbocycles. The Morgan fingerprint density at radius 3 is 1.57 bits per heavy atom. The Bertz CT molecular complexity index is 565. The van der Waals surface area contributed by atoms with Gasteiger partial charge in [-0.25, -0.2) is 0 Å². The molecule has 2 fully saturated rings. The molecule has 0 saturated heterocycles. The predicted octanol–water partition coefficient (Wildman–Crippen LogP) is 3.27. The highest BCUT2D eigenvalue weighted by Crippen LogP contribution is 2.54. The van der Waals surface area contributed by atoms with Gasteiger partial charge in [-0.05, 0) is 25.7 Å². The zero-order valence-electron chi connectivity index (χ0n) is 11.9. The van der Waals surface area contributed by atoms with E-state index < -0.39 is 11.6 Å². The van der Waals surface area contributed by atoms with E-state index in [1.54, 1.807) is 0 Å². The minimum Gasteiger partial charge on any atom is -0.448 e. The van der Waals surface area contributed by atoms with Crippen molar-refractivity contribution in [3.8, 4) is 23.0 Å². The van der Waals surface area contributed by atoms with Crippen molar-refractivity contribution in [2.75, 3.05) is 0 Å². The van der Waals surface area contributed by atoms with Crippen molar-refractivity contribution in [1.29, 1.82) is 0 Å². The van der Waals surface area contributed by atoms with Gasteiger partial charge in [-0.15, -0.1) is 0 Å². The maximum Gasteiger partial charge on any atom is 0.251 e. The summed E-state index contributed by atoms with van der Waals surface area (Å²) in [5.74, 6) is 2.37. The third kappa shape index (κ3) is 1.66.